The molecule has 2 fully saturated rings. The van der Waals surface area contributed by atoms with Gasteiger partial charge in [-0.05, 0) is 31.4 Å². The first-order chi connectivity index (χ1) is 12.9. The minimum Gasteiger partial charge on any atom is -0.355 e. The van der Waals surface area contributed by atoms with E-state index in [-0.39, 0.29) is 0 Å². The van der Waals surface area contributed by atoms with E-state index in [0.29, 0.717) is 5.92 Å². The van der Waals surface area contributed by atoms with E-state index in [0.717, 1.165) is 49.9 Å². The highest BCUT2D eigenvalue weighted by molar-refractivity contribution is 5.46. The number of hydrogen-bond donors (Lipinski definition) is 0. The molecule has 26 heavy (non-hydrogen) atoms. The number of aromatic nitrogens is 6. The predicted molar refractivity (Wildman–Crippen MR) is 98.4 cm³/mol. The zero-order valence-corrected chi connectivity index (χ0v) is 14.7. The van der Waals surface area contributed by atoms with Crippen molar-refractivity contribution in [1.29, 1.82) is 0 Å². The van der Waals surface area contributed by atoms with Gasteiger partial charge in [-0.3, -0.25) is 0 Å². The Morgan fingerprint density at radius 1 is 0.885 bits per heavy atom. The van der Waals surface area contributed by atoms with Gasteiger partial charge in [-0.1, -0.05) is 6.42 Å². The van der Waals surface area contributed by atoms with Gasteiger partial charge in [0.2, 0.25) is 0 Å². The van der Waals surface area contributed by atoms with Crippen molar-refractivity contribution in [3.63, 3.8) is 0 Å². The van der Waals surface area contributed by atoms with E-state index in [1.54, 1.807) is 17.2 Å². The van der Waals surface area contributed by atoms with Crippen molar-refractivity contribution in [3.8, 4) is 0 Å². The van der Waals surface area contributed by atoms with Crippen molar-refractivity contribution in [1.82, 2.24) is 29.8 Å². The van der Waals surface area contributed by atoms with Crippen LogP contribution in [0.2, 0.25) is 0 Å². The molecule has 3 aromatic rings. The Labute approximate surface area is 151 Å². The monoisotopic (exact) mass is 350 g/mol. The summed E-state index contributed by atoms with van der Waals surface area (Å²) in [5, 5.41) is 12.5. The van der Waals surface area contributed by atoms with E-state index in [9.17, 15) is 0 Å². The number of nitrogens with zero attached hydrogens (tertiary/aromatic N) is 8. The molecule has 0 atom stereocenters. The van der Waals surface area contributed by atoms with E-state index in [1.165, 1.54) is 25.0 Å². The van der Waals surface area contributed by atoms with Crippen molar-refractivity contribution in [2.45, 2.75) is 31.6 Å². The molecule has 1 saturated carbocycles. The third-order valence-electron chi connectivity index (χ3n) is 5.49. The first-order valence-corrected chi connectivity index (χ1v) is 9.36. The average molecular weight is 350 g/mol. The molecule has 134 valence electrons. The first kappa shape index (κ1) is 15.5. The quantitative estimate of drug-likeness (QED) is 0.714. The fourth-order valence-electron chi connectivity index (χ4n) is 3.72. The van der Waals surface area contributed by atoms with E-state index in [4.69, 9.17) is 0 Å². The minimum atomic E-state index is 0.639. The second-order valence-electron chi connectivity index (χ2n) is 7.08. The zero-order valence-electron chi connectivity index (χ0n) is 14.7. The Hall–Kier alpha value is -2.77. The second-order valence-corrected chi connectivity index (χ2v) is 7.08. The van der Waals surface area contributed by atoms with Gasteiger partial charge in [0.1, 0.15) is 24.3 Å². The van der Waals surface area contributed by atoms with Crippen molar-refractivity contribution >= 4 is 17.3 Å². The van der Waals surface area contributed by atoms with Crippen LogP contribution in [-0.4, -0.2) is 56.0 Å². The maximum absolute atomic E-state index is 4.63. The van der Waals surface area contributed by atoms with Crippen molar-refractivity contribution in [2.75, 3.05) is 36.0 Å². The van der Waals surface area contributed by atoms with E-state index < -0.39 is 0 Å². The third-order valence-corrected chi connectivity index (χ3v) is 5.49. The molecule has 0 radical (unpaired) electrons. The summed E-state index contributed by atoms with van der Waals surface area (Å²) in [6, 6.07) is 6.19. The molecule has 3 aromatic heterocycles. The highest BCUT2D eigenvalue weighted by Gasteiger charge is 2.23. The lowest BCUT2D eigenvalue weighted by molar-refractivity contribution is 0.410. The topological polar surface area (TPSA) is 75.3 Å². The summed E-state index contributed by atoms with van der Waals surface area (Å²) < 4.78 is 1.73. The molecule has 0 unspecified atom stereocenters. The number of fused-ring (bicyclic) bond motifs is 1. The van der Waals surface area contributed by atoms with E-state index >= 15 is 0 Å². The molecule has 1 aliphatic heterocycles. The van der Waals surface area contributed by atoms with Crippen LogP contribution in [0.4, 0.5) is 11.6 Å². The van der Waals surface area contributed by atoms with Crippen LogP contribution in [0.3, 0.4) is 0 Å². The minimum absolute atomic E-state index is 0.639. The Bertz CT molecular complexity index is 903. The lowest BCUT2D eigenvalue weighted by Gasteiger charge is -2.27. The largest absolute Gasteiger partial charge is 0.355 e. The molecule has 0 bridgehead atoms. The van der Waals surface area contributed by atoms with Crippen LogP contribution in [0, 0.1) is 0 Å². The fourth-order valence-corrected chi connectivity index (χ4v) is 3.72. The lowest BCUT2D eigenvalue weighted by atomic mass is 9.83. The standard InChI is InChI=1S/C18H22N8/c1-3-14(4-1)15-11-18(20-12-19-15)25-8-2-7-24(9-10-25)17-6-5-16-22-21-13-26(16)23-17/h5-6,11-14H,1-4,7-10H2. The van der Waals surface area contributed by atoms with Crippen LogP contribution >= 0.6 is 0 Å². The lowest BCUT2D eigenvalue weighted by Crippen LogP contribution is -2.32. The van der Waals surface area contributed by atoms with Gasteiger partial charge in [-0.25, -0.2) is 9.97 Å². The van der Waals surface area contributed by atoms with E-state index in [2.05, 4.69) is 41.1 Å². The maximum atomic E-state index is 4.63. The Morgan fingerprint density at radius 3 is 2.54 bits per heavy atom. The highest BCUT2D eigenvalue weighted by atomic mass is 15.4. The molecular weight excluding hydrogens is 328 g/mol. The van der Waals surface area contributed by atoms with Gasteiger partial charge in [0.05, 0.1) is 0 Å². The molecule has 0 N–H and O–H groups in total. The summed E-state index contributed by atoms with van der Waals surface area (Å²) in [7, 11) is 0. The molecule has 0 spiro atoms. The molecule has 1 saturated heterocycles. The SMILES string of the molecule is c1nc(C2CCC2)cc(N2CCCN(c3ccc4nncn4n3)CC2)n1. The Kier molecular flexibility index (Phi) is 3.88. The molecule has 4 heterocycles. The van der Waals surface area contributed by atoms with Crippen molar-refractivity contribution < 1.29 is 0 Å². The average Bonchev–Trinajstić information content (AvgIpc) is 2.95. The van der Waals surface area contributed by atoms with Gasteiger partial charge in [0.15, 0.2) is 5.65 Å². The molecule has 8 heteroatoms. The molecule has 0 aromatic carbocycles. The van der Waals surface area contributed by atoms with E-state index in [1.807, 2.05) is 12.1 Å². The number of rotatable bonds is 3. The Balaban J connectivity index is 1.32. The molecule has 8 nitrogen and oxygen atoms in total. The Morgan fingerprint density at radius 2 is 1.73 bits per heavy atom. The van der Waals surface area contributed by atoms with Crippen LogP contribution in [0.25, 0.3) is 5.65 Å². The van der Waals surface area contributed by atoms with Gasteiger partial charge >= 0.3 is 0 Å². The van der Waals surface area contributed by atoms with Gasteiger partial charge in [0, 0.05) is 43.9 Å². The summed E-state index contributed by atoms with van der Waals surface area (Å²) in [6.07, 6.45) is 8.30. The van der Waals surface area contributed by atoms with Gasteiger partial charge < -0.3 is 9.80 Å². The fraction of sp³-hybridized carbons (Fsp3) is 0.500. The van der Waals surface area contributed by atoms with Crippen LogP contribution in [0.1, 0.15) is 37.3 Å². The second kappa shape index (κ2) is 6.51. The highest BCUT2D eigenvalue weighted by Crippen LogP contribution is 2.35. The van der Waals surface area contributed by atoms with Crippen molar-refractivity contribution in [2.24, 2.45) is 0 Å². The summed E-state index contributed by atoms with van der Waals surface area (Å²) in [6.45, 7) is 3.84. The summed E-state index contributed by atoms with van der Waals surface area (Å²) in [5.41, 5.74) is 1.98. The van der Waals surface area contributed by atoms with Gasteiger partial charge in [0.25, 0.3) is 0 Å². The third kappa shape index (κ3) is 2.85. The van der Waals surface area contributed by atoms with Gasteiger partial charge in [-0.15, -0.1) is 15.3 Å². The van der Waals surface area contributed by atoms with Crippen LogP contribution < -0.4 is 9.80 Å². The van der Waals surface area contributed by atoms with Gasteiger partial charge in [-0.2, -0.15) is 4.52 Å². The molecule has 0 amide bonds. The molecule has 2 aliphatic rings. The molecular formula is C18H22N8. The predicted octanol–water partition coefficient (Wildman–Crippen LogP) is 1.90. The summed E-state index contributed by atoms with van der Waals surface area (Å²) in [5.74, 6) is 2.67. The van der Waals surface area contributed by atoms with Crippen molar-refractivity contribution in [3.05, 3.63) is 36.5 Å². The zero-order chi connectivity index (χ0) is 17.3. The first-order valence-electron chi connectivity index (χ1n) is 9.36. The number of anilines is 2. The van der Waals surface area contributed by atoms with Crippen LogP contribution in [0.15, 0.2) is 30.9 Å². The van der Waals surface area contributed by atoms with Crippen LogP contribution in [-0.2, 0) is 0 Å². The summed E-state index contributed by atoms with van der Waals surface area (Å²) in [4.78, 5) is 13.7. The number of hydrogen-bond acceptors (Lipinski definition) is 7. The summed E-state index contributed by atoms with van der Waals surface area (Å²) >= 11 is 0. The molecule has 1 aliphatic carbocycles. The maximum Gasteiger partial charge on any atom is 0.177 e. The van der Waals surface area contributed by atoms with Crippen LogP contribution in [0.5, 0.6) is 0 Å². The normalized spacial score (nSPS) is 18.8. The smallest absolute Gasteiger partial charge is 0.177 e. The molecule has 5 rings (SSSR count).